The Morgan fingerprint density at radius 3 is 2.58 bits per heavy atom. The highest BCUT2D eigenvalue weighted by atomic mass is 16.5. The third-order valence-corrected chi connectivity index (χ3v) is 7.85. The monoisotopic (exact) mass is 490 g/mol. The fraction of sp³-hybridized carbons (Fsp3) is 0.516. The van der Waals surface area contributed by atoms with Crippen LogP contribution in [0.5, 0.6) is 11.5 Å². The molecule has 2 aromatic rings. The number of methoxy groups -OCH3 is 1. The number of unbranched alkanes of at least 4 members (excludes halogenated alkanes) is 5. The van der Waals surface area contributed by atoms with E-state index in [0.29, 0.717) is 19.6 Å². The van der Waals surface area contributed by atoms with Crippen LogP contribution < -0.4 is 19.7 Å². The van der Waals surface area contributed by atoms with Gasteiger partial charge in [0, 0.05) is 24.1 Å². The van der Waals surface area contributed by atoms with E-state index in [9.17, 15) is 4.79 Å². The summed E-state index contributed by atoms with van der Waals surface area (Å²) in [5, 5.41) is 3.36. The third kappa shape index (κ3) is 4.98. The summed E-state index contributed by atoms with van der Waals surface area (Å²) in [7, 11) is 1.68. The second-order valence-electron chi connectivity index (χ2n) is 10.7. The molecule has 0 spiro atoms. The van der Waals surface area contributed by atoms with Gasteiger partial charge in [0.1, 0.15) is 5.66 Å². The van der Waals surface area contributed by atoms with Crippen molar-refractivity contribution in [2.45, 2.75) is 83.7 Å². The third-order valence-electron chi connectivity index (χ3n) is 7.85. The van der Waals surface area contributed by atoms with Crippen molar-refractivity contribution in [1.29, 1.82) is 0 Å². The maximum atomic E-state index is 12.7. The summed E-state index contributed by atoms with van der Waals surface area (Å²) >= 11 is 0. The molecule has 0 aliphatic carbocycles. The van der Waals surface area contributed by atoms with Crippen LogP contribution in [0.1, 0.15) is 82.4 Å². The average molecular weight is 491 g/mol. The molecule has 1 saturated heterocycles. The highest BCUT2D eigenvalue weighted by molar-refractivity contribution is 5.84. The summed E-state index contributed by atoms with van der Waals surface area (Å²) in [6.07, 6.45) is 12.2. The second-order valence-corrected chi connectivity index (χ2v) is 10.7. The fourth-order valence-electron chi connectivity index (χ4n) is 5.66. The van der Waals surface area contributed by atoms with Crippen LogP contribution in [-0.4, -0.2) is 31.8 Å². The van der Waals surface area contributed by atoms with Gasteiger partial charge in [0.25, 0.3) is 0 Å². The zero-order chi connectivity index (χ0) is 25.8. The van der Waals surface area contributed by atoms with Gasteiger partial charge in [-0.2, -0.15) is 0 Å². The number of hydrogen-bond donors (Lipinski definition) is 1. The number of rotatable bonds is 11. The summed E-state index contributed by atoms with van der Waals surface area (Å²) in [5.41, 5.74) is 3.78. The Hall–Kier alpha value is -2.95. The minimum atomic E-state index is -0.626. The van der Waals surface area contributed by atoms with Crippen molar-refractivity contribution in [3.63, 3.8) is 0 Å². The highest BCUT2D eigenvalue weighted by Crippen LogP contribution is 2.52. The summed E-state index contributed by atoms with van der Waals surface area (Å²) in [6.45, 7) is 10.2. The lowest BCUT2D eigenvalue weighted by Crippen LogP contribution is -2.68. The van der Waals surface area contributed by atoms with E-state index in [2.05, 4.69) is 74.3 Å². The average Bonchev–Trinajstić information content (AvgIpc) is 3.05. The van der Waals surface area contributed by atoms with Crippen LogP contribution in [0.4, 0.5) is 5.69 Å². The molecule has 1 N–H and O–H groups in total. The van der Waals surface area contributed by atoms with Crippen molar-refractivity contribution in [3.8, 4) is 11.5 Å². The number of carbonyl (C=O) groups excluding carboxylic acids is 1. The molecule has 36 heavy (non-hydrogen) atoms. The van der Waals surface area contributed by atoms with E-state index in [4.69, 9.17) is 9.47 Å². The number of ether oxygens (including phenoxy) is 2. The molecule has 0 unspecified atom stereocenters. The predicted octanol–water partition coefficient (Wildman–Crippen LogP) is 6.77. The molecular formula is C31H42N2O3. The molecule has 5 heteroatoms. The second kappa shape index (κ2) is 11.0. The van der Waals surface area contributed by atoms with Crippen molar-refractivity contribution >= 4 is 17.7 Å². The minimum absolute atomic E-state index is 0.0875. The molecule has 2 aliphatic rings. The first-order valence-corrected chi connectivity index (χ1v) is 13.5. The summed E-state index contributed by atoms with van der Waals surface area (Å²) in [4.78, 5) is 15.0. The van der Waals surface area contributed by atoms with Crippen LogP contribution in [0.3, 0.4) is 0 Å². The first-order valence-electron chi connectivity index (χ1n) is 13.5. The zero-order valence-electron chi connectivity index (χ0n) is 22.7. The molecule has 1 amide bonds. The fourth-order valence-corrected chi connectivity index (χ4v) is 5.66. The molecule has 1 fully saturated rings. The summed E-state index contributed by atoms with van der Waals surface area (Å²) in [6, 6.07) is 12.7. The Labute approximate surface area is 216 Å². The summed E-state index contributed by atoms with van der Waals surface area (Å²) < 4.78 is 11.7. The molecule has 0 radical (unpaired) electrons. The van der Waals surface area contributed by atoms with Crippen LogP contribution in [0, 0.1) is 6.92 Å². The summed E-state index contributed by atoms with van der Waals surface area (Å²) in [5.74, 6) is 1.59. The van der Waals surface area contributed by atoms with Gasteiger partial charge in [-0.15, -0.1) is 0 Å². The van der Waals surface area contributed by atoms with Gasteiger partial charge in [-0.05, 0) is 48.7 Å². The van der Waals surface area contributed by atoms with E-state index in [0.717, 1.165) is 23.5 Å². The van der Waals surface area contributed by atoms with Gasteiger partial charge in [-0.25, -0.2) is 0 Å². The number of amides is 1. The van der Waals surface area contributed by atoms with Gasteiger partial charge >= 0.3 is 0 Å². The molecule has 2 heterocycles. The topological polar surface area (TPSA) is 50.8 Å². The first kappa shape index (κ1) is 26.1. The van der Waals surface area contributed by atoms with E-state index >= 15 is 0 Å². The standard InChI is InChI=1S/C31H42N2O3/c1-6-7-8-9-10-11-20-36-27-15-13-24(22-28(27)35-5)16-18-31-30(3,4)25-21-23(2)12-14-26(25)33(31)19-17-29(34)32-31/h12-16,18,21-22H,6-11,17,19-20H2,1-5H3,(H,32,34)/t31-/m0/s1. The van der Waals surface area contributed by atoms with Crippen LogP contribution in [0.25, 0.3) is 6.08 Å². The van der Waals surface area contributed by atoms with E-state index in [1.54, 1.807) is 7.11 Å². The highest BCUT2D eigenvalue weighted by Gasteiger charge is 2.57. The largest absolute Gasteiger partial charge is 0.493 e. The number of aryl methyl sites for hydroxylation is 1. The number of benzene rings is 2. The van der Waals surface area contributed by atoms with E-state index in [1.165, 1.54) is 48.9 Å². The maximum Gasteiger partial charge on any atom is 0.223 e. The molecule has 2 aliphatic heterocycles. The van der Waals surface area contributed by atoms with Crippen molar-refractivity contribution in [2.24, 2.45) is 0 Å². The molecule has 5 nitrogen and oxygen atoms in total. The number of hydrogen-bond acceptors (Lipinski definition) is 4. The molecule has 0 saturated carbocycles. The predicted molar refractivity (Wildman–Crippen MR) is 148 cm³/mol. The van der Waals surface area contributed by atoms with Gasteiger partial charge in [0.15, 0.2) is 11.5 Å². The number of fused-ring (bicyclic) bond motifs is 3. The molecule has 1 atom stereocenters. The molecular weight excluding hydrogens is 448 g/mol. The number of anilines is 1. The van der Waals surface area contributed by atoms with Crippen LogP contribution >= 0.6 is 0 Å². The van der Waals surface area contributed by atoms with Crippen molar-refractivity contribution in [3.05, 3.63) is 59.2 Å². The van der Waals surface area contributed by atoms with Crippen LogP contribution in [-0.2, 0) is 10.2 Å². The smallest absolute Gasteiger partial charge is 0.223 e. The normalized spacial score (nSPS) is 20.2. The lowest BCUT2D eigenvalue weighted by atomic mass is 9.74. The zero-order valence-corrected chi connectivity index (χ0v) is 22.7. The van der Waals surface area contributed by atoms with Gasteiger partial charge in [0.2, 0.25) is 5.91 Å². The maximum absolute atomic E-state index is 12.7. The van der Waals surface area contributed by atoms with Crippen molar-refractivity contribution in [1.82, 2.24) is 5.32 Å². The Balaban J connectivity index is 1.53. The lowest BCUT2D eigenvalue weighted by Gasteiger charge is -2.49. The lowest BCUT2D eigenvalue weighted by molar-refractivity contribution is -0.124. The first-order chi connectivity index (χ1) is 17.3. The van der Waals surface area contributed by atoms with E-state index in [1.807, 2.05) is 12.1 Å². The molecule has 0 aromatic heterocycles. The van der Waals surface area contributed by atoms with Crippen molar-refractivity contribution in [2.75, 3.05) is 25.2 Å². The van der Waals surface area contributed by atoms with Gasteiger partial charge < -0.3 is 19.7 Å². The minimum Gasteiger partial charge on any atom is -0.493 e. The van der Waals surface area contributed by atoms with Crippen LogP contribution in [0.2, 0.25) is 0 Å². The molecule has 194 valence electrons. The van der Waals surface area contributed by atoms with E-state index < -0.39 is 5.66 Å². The number of carbonyl (C=O) groups is 1. The van der Waals surface area contributed by atoms with Gasteiger partial charge in [-0.1, -0.05) is 82.7 Å². The number of nitrogens with one attached hydrogen (secondary N) is 1. The Morgan fingerprint density at radius 2 is 1.81 bits per heavy atom. The Bertz CT molecular complexity index is 1110. The Morgan fingerprint density at radius 1 is 1.03 bits per heavy atom. The molecule has 0 bridgehead atoms. The molecule has 2 aromatic carbocycles. The SMILES string of the molecule is CCCCCCCCOc1ccc(C=C[C@]23NC(=O)CCN2c2ccc(C)cc2C3(C)C)cc1OC. The Kier molecular flexibility index (Phi) is 7.97. The molecule has 4 rings (SSSR count). The van der Waals surface area contributed by atoms with Crippen molar-refractivity contribution < 1.29 is 14.3 Å². The van der Waals surface area contributed by atoms with Gasteiger partial charge in [0.05, 0.1) is 13.7 Å². The number of nitrogens with zero attached hydrogens (tertiary/aromatic N) is 1. The van der Waals surface area contributed by atoms with Crippen LogP contribution in [0.15, 0.2) is 42.5 Å². The van der Waals surface area contributed by atoms with Gasteiger partial charge in [-0.3, -0.25) is 4.79 Å². The van der Waals surface area contributed by atoms with E-state index in [-0.39, 0.29) is 11.3 Å². The quantitative estimate of drug-likeness (QED) is 0.353.